The molecule has 0 bridgehead atoms. The molecule has 1 aliphatic carbocycles. The van der Waals surface area contributed by atoms with Crippen LogP contribution < -0.4 is 0 Å². The van der Waals surface area contributed by atoms with Gasteiger partial charge in [0, 0.05) is 5.92 Å². The first kappa shape index (κ1) is 7.74. The molecule has 70 valence electrons. The lowest BCUT2D eigenvalue weighted by Gasteiger charge is -1.99. The Morgan fingerprint density at radius 3 is 2.93 bits per heavy atom. The Bertz CT molecular complexity index is 497. The van der Waals surface area contributed by atoms with Crippen molar-refractivity contribution in [2.75, 3.05) is 0 Å². The van der Waals surface area contributed by atoms with Gasteiger partial charge in [0.05, 0.1) is 11.0 Å². The van der Waals surface area contributed by atoms with Crippen molar-refractivity contribution in [3.63, 3.8) is 0 Å². The van der Waals surface area contributed by atoms with Gasteiger partial charge in [0.1, 0.15) is 6.33 Å². The van der Waals surface area contributed by atoms with Gasteiger partial charge in [-0.1, -0.05) is 12.1 Å². The maximum atomic E-state index is 11.8. The summed E-state index contributed by atoms with van der Waals surface area (Å²) >= 11 is 0. The molecule has 1 aromatic heterocycles. The smallest absolute Gasteiger partial charge is 0.235 e. The van der Waals surface area contributed by atoms with Gasteiger partial charge in [0.15, 0.2) is 0 Å². The van der Waals surface area contributed by atoms with E-state index >= 15 is 0 Å². The molecule has 0 spiro atoms. The summed E-state index contributed by atoms with van der Waals surface area (Å²) in [5.41, 5.74) is 1.81. The fourth-order valence-corrected chi connectivity index (χ4v) is 1.66. The first-order chi connectivity index (χ1) is 6.86. The normalized spacial score (nSPS) is 16.0. The minimum atomic E-state index is 0.193. The Balaban J connectivity index is 2.16. The molecule has 3 nitrogen and oxygen atoms in total. The molecule has 0 amide bonds. The number of aromatic nitrogens is 2. The van der Waals surface area contributed by atoms with Crippen LogP contribution in [0.25, 0.3) is 11.0 Å². The zero-order chi connectivity index (χ0) is 9.54. The van der Waals surface area contributed by atoms with Crippen LogP contribution in [0.15, 0.2) is 30.6 Å². The van der Waals surface area contributed by atoms with Crippen LogP contribution in [-0.4, -0.2) is 15.5 Å². The van der Waals surface area contributed by atoms with Crippen LogP contribution in [0.3, 0.4) is 0 Å². The molecule has 1 aromatic carbocycles. The topological polar surface area (TPSA) is 34.9 Å². The Kier molecular flexibility index (Phi) is 1.48. The Hall–Kier alpha value is -1.64. The molecular weight excluding hydrogens is 176 g/mol. The van der Waals surface area contributed by atoms with Gasteiger partial charge < -0.3 is 0 Å². The van der Waals surface area contributed by atoms with Crippen molar-refractivity contribution in [2.45, 2.75) is 12.8 Å². The van der Waals surface area contributed by atoms with E-state index in [0.717, 1.165) is 23.9 Å². The van der Waals surface area contributed by atoms with Gasteiger partial charge in [-0.15, -0.1) is 0 Å². The summed E-state index contributed by atoms with van der Waals surface area (Å²) in [6, 6.07) is 7.72. The van der Waals surface area contributed by atoms with Crippen molar-refractivity contribution in [1.29, 1.82) is 0 Å². The molecule has 0 N–H and O–H groups in total. The molecular formula is C11H10N2O. The zero-order valence-corrected chi connectivity index (χ0v) is 7.68. The second kappa shape index (κ2) is 2.67. The highest BCUT2D eigenvalue weighted by atomic mass is 16.2. The predicted molar refractivity (Wildman–Crippen MR) is 53.1 cm³/mol. The Labute approximate surface area is 81.4 Å². The number of nitrogens with zero attached hydrogens (tertiary/aromatic N) is 2. The Morgan fingerprint density at radius 1 is 1.36 bits per heavy atom. The summed E-state index contributed by atoms with van der Waals surface area (Å²) < 4.78 is 1.67. The molecule has 1 fully saturated rings. The summed E-state index contributed by atoms with van der Waals surface area (Å²) in [5.74, 6) is 0.436. The largest absolute Gasteiger partial charge is 0.274 e. The van der Waals surface area contributed by atoms with E-state index in [1.54, 1.807) is 10.9 Å². The fraction of sp³-hybridized carbons (Fsp3) is 0.273. The fourth-order valence-electron chi connectivity index (χ4n) is 1.66. The van der Waals surface area contributed by atoms with Crippen LogP contribution in [0.2, 0.25) is 0 Å². The second-order valence-electron chi connectivity index (χ2n) is 3.72. The third kappa shape index (κ3) is 1.05. The highest BCUT2D eigenvalue weighted by Crippen LogP contribution is 2.31. The molecule has 14 heavy (non-hydrogen) atoms. The number of hydrogen-bond donors (Lipinski definition) is 0. The molecule has 1 aliphatic rings. The van der Waals surface area contributed by atoms with E-state index in [4.69, 9.17) is 0 Å². The number of rotatable bonds is 1. The van der Waals surface area contributed by atoms with Gasteiger partial charge in [-0.25, -0.2) is 4.98 Å². The zero-order valence-electron chi connectivity index (χ0n) is 7.68. The van der Waals surface area contributed by atoms with Crippen molar-refractivity contribution in [3.05, 3.63) is 30.6 Å². The predicted octanol–water partition coefficient (Wildman–Crippen LogP) is 2.09. The average molecular weight is 186 g/mol. The summed E-state index contributed by atoms with van der Waals surface area (Å²) in [6.07, 6.45) is 3.70. The molecule has 0 atom stereocenters. The SMILES string of the molecule is O=C(C1CC1)n1cnc2ccccc21. The van der Waals surface area contributed by atoms with E-state index in [1.807, 2.05) is 24.3 Å². The van der Waals surface area contributed by atoms with Crippen molar-refractivity contribution in [3.8, 4) is 0 Å². The van der Waals surface area contributed by atoms with Gasteiger partial charge in [-0.05, 0) is 25.0 Å². The van der Waals surface area contributed by atoms with Crippen molar-refractivity contribution >= 4 is 16.9 Å². The molecule has 0 unspecified atom stereocenters. The minimum Gasteiger partial charge on any atom is -0.274 e. The van der Waals surface area contributed by atoms with Gasteiger partial charge in [0.2, 0.25) is 5.91 Å². The monoisotopic (exact) mass is 186 g/mol. The lowest BCUT2D eigenvalue weighted by molar-refractivity contribution is 0.0891. The van der Waals surface area contributed by atoms with E-state index in [0.29, 0.717) is 0 Å². The van der Waals surface area contributed by atoms with Crippen molar-refractivity contribution < 1.29 is 4.79 Å². The van der Waals surface area contributed by atoms with Gasteiger partial charge in [-0.3, -0.25) is 9.36 Å². The highest BCUT2D eigenvalue weighted by molar-refractivity contribution is 5.92. The van der Waals surface area contributed by atoms with Crippen LogP contribution in [0.1, 0.15) is 17.6 Å². The number of para-hydroxylation sites is 2. The Morgan fingerprint density at radius 2 is 2.14 bits per heavy atom. The number of fused-ring (bicyclic) bond motifs is 1. The first-order valence-electron chi connectivity index (χ1n) is 4.82. The van der Waals surface area contributed by atoms with Crippen LogP contribution in [0.5, 0.6) is 0 Å². The number of carbonyl (C=O) groups is 1. The van der Waals surface area contributed by atoms with E-state index < -0.39 is 0 Å². The van der Waals surface area contributed by atoms with E-state index in [1.165, 1.54) is 0 Å². The van der Waals surface area contributed by atoms with Crippen LogP contribution in [0.4, 0.5) is 0 Å². The van der Waals surface area contributed by atoms with Crippen LogP contribution in [-0.2, 0) is 0 Å². The third-order valence-corrected chi connectivity index (χ3v) is 2.62. The third-order valence-electron chi connectivity index (χ3n) is 2.62. The van der Waals surface area contributed by atoms with Gasteiger partial charge >= 0.3 is 0 Å². The van der Waals surface area contributed by atoms with Gasteiger partial charge in [-0.2, -0.15) is 0 Å². The quantitative estimate of drug-likeness (QED) is 0.683. The van der Waals surface area contributed by atoms with Crippen molar-refractivity contribution in [2.24, 2.45) is 5.92 Å². The first-order valence-corrected chi connectivity index (χ1v) is 4.82. The molecule has 3 heteroatoms. The minimum absolute atomic E-state index is 0.193. The summed E-state index contributed by atoms with van der Waals surface area (Å²) in [7, 11) is 0. The maximum Gasteiger partial charge on any atom is 0.235 e. The summed E-state index contributed by atoms with van der Waals surface area (Å²) in [5, 5.41) is 0. The lowest BCUT2D eigenvalue weighted by atomic mass is 10.3. The molecule has 3 rings (SSSR count). The molecule has 1 heterocycles. The summed E-state index contributed by atoms with van der Waals surface area (Å²) in [4.78, 5) is 16.0. The molecule has 0 radical (unpaired) electrons. The molecule has 0 saturated heterocycles. The van der Waals surface area contributed by atoms with Crippen LogP contribution in [0, 0.1) is 5.92 Å². The number of carbonyl (C=O) groups excluding carboxylic acids is 1. The standard InChI is InChI=1S/C11H10N2O/c14-11(8-5-6-8)13-7-12-9-3-1-2-4-10(9)13/h1-4,7-8H,5-6H2. The maximum absolute atomic E-state index is 11.8. The van der Waals surface area contributed by atoms with E-state index in [2.05, 4.69) is 4.98 Å². The summed E-state index contributed by atoms with van der Waals surface area (Å²) in [6.45, 7) is 0. The molecule has 2 aromatic rings. The number of imidazole rings is 1. The molecule has 0 aliphatic heterocycles. The van der Waals surface area contributed by atoms with E-state index in [-0.39, 0.29) is 11.8 Å². The highest BCUT2D eigenvalue weighted by Gasteiger charge is 2.31. The number of benzene rings is 1. The number of hydrogen-bond acceptors (Lipinski definition) is 2. The lowest BCUT2D eigenvalue weighted by Crippen LogP contribution is -2.10. The van der Waals surface area contributed by atoms with Gasteiger partial charge in [0.25, 0.3) is 0 Å². The average Bonchev–Trinajstić information content (AvgIpc) is 2.97. The second-order valence-corrected chi connectivity index (χ2v) is 3.72. The van der Waals surface area contributed by atoms with E-state index in [9.17, 15) is 4.79 Å². The molecule has 1 saturated carbocycles. The van der Waals surface area contributed by atoms with Crippen molar-refractivity contribution in [1.82, 2.24) is 9.55 Å². The van der Waals surface area contributed by atoms with Crippen LogP contribution >= 0.6 is 0 Å².